The molecule has 0 aromatic carbocycles. The predicted molar refractivity (Wildman–Crippen MR) is 68.0 cm³/mol. The minimum atomic E-state index is 0.457. The van der Waals surface area contributed by atoms with Crippen LogP contribution >= 0.6 is 0 Å². The summed E-state index contributed by atoms with van der Waals surface area (Å²) in [6, 6.07) is 4.57. The van der Waals surface area contributed by atoms with E-state index in [0.717, 1.165) is 13.1 Å². The molecule has 0 spiro atoms. The minimum absolute atomic E-state index is 0.457. The molecular formula is C13H23N3. The van der Waals surface area contributed by atoms with Gasteiger partial charge in [-0.15, -0.1) is 0 Å². The van der Waals surface area contributed by atoms with Crippen molar-refractivity contribution < 1.29 is 0 Å². The molecule has 2 N–H and O–H groups in total. The van der Waals surface area contributed by atoms with Crippen molar-refractivity contribution in [2.75, 3.05) is 13.6 Å². The van der Waals surface area contributed by atoms with Crippen LogP contribution in [-0.4, -0.2) is 29.5 Å². The molecule has 16 heavy (non-hydrogen) atoms. The maximum Gasteiger partial charge on any atom is 0.0271 e. The number of rotatable bonds is 6. The van der Waals surface area contributed by atoms with E-state index < -0.39 is 0 Å². The van der Waals surface area contributed by atoms with Crippen molar-refractivity contribution in [3.8, 4) is 0 Å². The van der Waals surface area contributed by atoms with Gasteiger partial charge in [-0.1, -0.05) is 20.3 Å². The summed E-state index contributed by atoms with van der Waals surface area (Å²) in [5.41, 5.74) is 7.14. The third kappa shape index (κ3) is 3.58. The van der Waals surface area contributed by atoms with Crippen LogP contribution in [0.15, 0.2) is 24.5 Å². The van der Waals surface area contributed by atoms with E-state index in [1.807, 2.05) is 12.4 Å². The molecule has 0 saturated heterocycles. The van der Waals surface area contributed by atoms with Gasteiger partial charge in [0.2, 0.25) is 0 Å². The third-order valence-electron chi connectivity index (χ3n) is 3.29. The molecule has 90 valence electrons. The maximum absolute atomic E-state index is 5.85. The molecule has 0 amide bonds. The van der Waals surface area contributed by atoms with Gasteiger partial charge in [-0.25, -0.2) is 0 Å². The Bertz CT molecular complexity index is 286. The number of nitrogens with two attached hydrogens (primary N) is 1. The van der Waals surface area contributed by atoms with Gasteiger partial charge in [0.15, 0.2) is 0 Å². The van der Waals surface area contributed by atoms with Crippen molar-refractivity contribution >= 4 is 0 Å². The lowest BCUT2D eigenvalue weighted by Crippen LogP contribution is -2.42. The smallest absolute Gasteiger partial charge is 0.0271 e. The van der Waals surface area contributed by atoms with E-state index in [-0.39, 0.29) is 0 Å². The van der Waals surface area contributed by atoms with Crippen LogP contribution in [0, 0.1) is 5.92 Å². The molecule has 0 aliphatic rings. The quantitative estimate of drug-likeness (QED) is 0.797. The van der Waals surface area contributed by atoms with Crippen molar-refractivity contribution in [3.63, 3.8) is 0 Å². The van der Waals surface area contributed by atoms with Gasteiger partial charge < -0.3 is 5.73 Å². The summed E-state index contributed by atoms with van der Waals surface area (Å²) in [7, 11) is 2.14. The zero-order valence-electron chi connectivity index (χ0n) is 10.6. The lowest BCUT2D eigenvalue weighted by molar-refractivity contribution is 0.178. The molecule has 2 atom stereocenters. The van der Waals surface area contributed by atoms with Gasteiger partial charge >= 0.3 is 0 Å². The van der Waals surface area contributed by atoms with Crippen molar-refractivity contribution in [2.24, 2.45) is 11.7 Å². The highest BCUT2D eigenvalue weighted by Gasteiger charge is 2.18. The molecule has 1 heterocycles. The molecule has 0 radical (unpaired) electrons. The molecule has 0 fully saturated rings. The standard InChI is InChI=1S/C13H23N3/c1-4-11(2)13(9-14)16(3)10-12-5-7-15-8-6-12/h5-8,11,13H,4,9-10,14H2,1-3H3. The highest BCUT2D eigenvalue weighted by Crippen LogP contribution is 2.14. The molecule has 1 rings (SSSR count). The van der Waals surface area contributed by atoms with Crippen LogP contribution in [0.4, 0.5) is 0 Å². The van der Waals surface area contributed by atoms with Gasteiger partial charge in [0.25, 0.3) is 0 Å². The Hall–Kier alpha value is -0.930. The molecule has 0 aliphatic heterocycles. The molecule has 1 aromatic heterocycles. The average Bonchev–Trinajstić information content (AvgIpc) is 2.31. The van der Waals surface area contributed by atoms with E-state index in [1.54, 1.807) is 0 Å². The molecule has 2 unspecified atom stereocenters. The Labute approximate surface area is 98.7 Å². The van der Waals surface area contributed by atoms with Crippen LogP contribution in [0.5, 0.6) is 0 Å². The molecule has 0 saturated carbocycles. The highest BCUT2D eigenvalue weighted by atomic mass is 15.1. The first-order chi connectivity index (χ1) is 7.69. The van der Waals surface area contributed by atoms with E-state index in [0.29, 0.717) is 12.0 Å². The van der Waals surface area contributed by atoms with Crippen molar-refractivity contribution in [3.05, 3.63) is 30.1 Å². The molecule has 0 aliphatic carbocycles. The Morgan fingerprint density at radius 2 is 2.00 bits per heavy atom. The number of aromatic nitrogens is 1. The van der Waals surface area contributed by atoms with Crippen LogP contribution in [-0.2, 0) is 6.54 Å². The Balaban J connectivity index is 2.59. The van der Waals surface area contributed by atoms with E-state index in [1.165, 1.54) is 12.0 Å². The summed E-state index contributed by atoms with van der Waals surface area (Å²) in [6.07, 6.45) is 4.84. The lowest BCUT2D eigenvalue weighted by atomic mass is 9.97. The Morgan fingerprint density at radius 1 is 1.38 bits per heavy atom. The van der Waals surface area contributed by atoms with Crippen LogP contribution in [0.1, 0.15) is 25.8 Å². The van der Waals surface area contributed by atoms with Crippen molar-refractivity contribution in [2.45, 2.75) is 32.9 Å². The second-order valence-electron chi connectivity index (χ2n) is 4.46. The van der Waals surface area contributed by atoms with Crippen LogP contribution in [0.2, 0.25) is 0 Å². The molecule has 3 nitrogen and oxygen atoms in total. The third-order valence-corrected chi connectivity index (χ3v) is 3.29. The number of hydrogen-bond donors (Lipinski definition) is 1. The highest BCUT2D eigenvalue weighted by molar-refractivity contribution is 5.09. The summed E-state index contributed by atoms with van der Waals surface area (Å²) >= 11 is 0. The molecule has 1 aromatic rings. The second kappa shape index (κ2) is 6.61. The molecular weight excluding hydrogens is 198 g/mol. The van der Waals surface area contributed by atoms with Gasteiger partial charge in [-0.3, -0.25) is 9.88 Å². The SMILES string of the molecule is CCC(C)C(CN)N(C)Cc1ccncc1. The fourth-order valence-electron chi connectivity index (χ4n) is 2.01. The van der Waals surface area contributed by atoms with Gasteiger partial charge in [0.1, 0.15) is 0 Å². The minimum Gasteiger partial charge on any atom is -0.329 e. The first kappa shape index (κ1) is 13.1. The van der Waals surface area contributed by atoms with E-state index >= 15 is 0 Å². The number of pyridine rings is 1. The first-order valence-corrected chi connectivity index (χ1v) is 5.98. The lowest BCUT2D eigenvalue weighted by Gasteiger charge is -2.31. The topological polar surface area (TPSA) is 42.1 Å². The number of hydrogen-bond acceptors (Lipinski definition) is 3. The van der Waals surface area contributed by atoms with E-state index in [4.69, 9.17) is 5.73 Å². The molecule has 3 heteroatoms. The zero-order valence-corrected chi connectivity index (χ0v) is 10.6. The zero-order chi connectivity index (χ0) is 12.0. The summed E-state index contributed by atoms with van der Waals surface area (Å²) in [5, 5.41) is 0. The first-order valence-electron chi connectivity index (χ1n) is 5.98. The van der Waals surface area contributed by atoms with Gasteiger partial charge in [0, 0.05) is 31.5 Å². The van der Waals surface area contributed by atoms with Crippen LogP contribution in [0.3, 0.4) is 0 Å². The number of nitrogens with zero attached hydrogens (tertiary/aromatic N) is 2. The Morgan fingerprint density at radius 3 is 2.50 bits per heavy atom. The van der Waals surface area contributed by atoms with Gasteiger partial charge in [-0.05, 0) is 30.7 Å². The fourth-order valence-corrected chi connectivity index (χ4v) is 2.01. The predicted octanol–water partition coefficient (Wildman–Crippen LogP) is 1.89. The Kier molecular flexibility index (Phi) is 5.43. The van der Waals surface area contributed by atoms with Crippen LogP contribution < -0.4 is 5.73 Å². The van der Waals surface area contributed by atoms with Gasteiger partial charge in [0.05, 0.1) is 0 Å². The second-order valence-corrected chi connectivity index (χ2v) is 4.46. The number of likely N-dealkylation sites (N-methyl/N-ethyl adjacent to an activating group) is 1. The fraction of sp³-hybridized carbons (Fsp3) is 0.615. The monoisotopic (exact) mass is 221 g/mol. The summed E-state index contributed by atoms with van der Waals surface area (Å²) < 4.78 is 0. The largest absolute Gasteiger partial charge is 0.329 e. The normalized spacial score (nSPS) is 15.1. The maximum atomic E-state index is 5.85. The summed E-state index contributed by atoms with van der Waals surface area (Å²) in [5.74, 6) is 0.636. The van der Waals surface area contributed by atoms with Crippen LogP contribution in [0.25, 0.3) is 0 Å². The average molecular weight is 221 g/mol. The van der Waals surface area contributed by atoms with Crippen molar-refractivity contribution in [1.82, 2.24) is 9.88 Å². The molecule has 0 bridgehead atoms. The van der Waals surface area contributed by atoms with Gasteiger partial charge in [-0.2, -0.15) is 0 Å². The summed E-state index contributed by atoms with van der Waals surface area (Å²) in [6.45, 7) is 6.14. The van der Waals surface area contributed by atoms with E-state index in [2.05, 4.69) is 42.9 Å². The van der Waals surface area contributed by atoms with E-state index in [9.17, 15) is 0 Å². The van der Waals surface area contributed by atoms with Crippen molar-refractivity contribution in [1.29, 1.82) is 0 Å². The summed E-state index contributed by atoms with van der Waals surface area (Å²) in [4.78, 5) is 6.36.